The number of nitrogens with one attached hydrogen (secondary N) is 3. The zero-order chi connectivity index (χ0) is 42.9. The first-order chi connectivity index (χ1) is 27.9. The minimum absolute atomic E-state index is 0.107. The highest BCUT2D eigenvalue weighted by molar-refractivity contribution is 7.09. The third-order valence-corrected chi connectivity index (χ3v) is 11.0. The van der Waals surface area contributed by atoms with Gasteiger partial charge >= 0.3 is 12.1 Å². The third kappa shape index (κ3) is 12.3. The Morgan fingerprint density at radius 3 is 2.19 bits per heavy atom. The summed E-state index contributed by atoms with van der Waals surface area (Å²) in [7, 11) is 1.23. The number of amides is 5. The summed E-state index contributed by atoms with van der Waals surface area (Å²) >= 11 is 1.53. The first-order valence-electron chi connectivity index (χ1n) is 19.8. The van der Waals surface area contributed by atoms with E-state index in [1.54, 1.807) is 21.0 Å². The van der Waals surface area contributed by atoms with Crippen LogP contribution in [0.25, 0.3) is 11.3 Å². The molecular weight excluding hydrogens is 769 g/mol. The molecule has 5 rings (SSSR count). The maximum Gasteiger partial charge on any atom is 0.407 e. The number of rotatable bonds is 16. The molecule has 2 aromatic carbocycles. The Morgan fingerprint density at radius 1 is 0.898 bits per heavy atom. The van der Waals surface area contributed by atoms with E-state index in [0.29, 0.717) is 19.6 Å². The highest BCUT2D eigenvalue weighted by atomic mass is 32.1. The maximum absolute atomic E-state index is 14.5. The molecule has 15 heteroatoms. The fourth-order valence-electron chi connectivity index (χ4n) is 7.19. The number of benzene rings is 2. The van der Waals surface area contributed by atoms with Gasteiger partial charge < -0.3 is 30.3 Å². The predicted molar refractivity (Wildman–Crippen MR) is 228 cm³/mol. The number of methoxy groups -OCH3 is 1. The minimum atomic E-state index is -1.21. The summed E-state index contributed by atoms with van der Waals surface area (Å²) in [6.07, 6.45) is 0.0251. The molecule has 3 heterocycles. The van der Waals surface area contributed by atoms with Crippen LogP contribution in [-0.4, -0.2) is 105 Å². The van der Waals surface area contributed by atoms with E-state index >= 15 is 0 Å². The van der Waals surface area contributed by atoms with Gasteiger partial charge in [-0.2, -0.15) is 0 Å². The monoisotopic (exact) mass is 826 g/mol. The summed E-state index contributed by atoms with van der Waals surface area (Å²) in [5.41, 5.74) is 5.82. The lowest BCUT2D eigenvalue weighted by Gasteiger charge is -2.38. The third-order valence-electron chi connectivity index (χ3n) is 10.2. The van der Waals surface area contributed by atoms with Gasteiger partial charge in [0, 0.05) is 43.3 Å². The SMILES string of the molecule is COC(=O)N[C@H](C(=O)NN(Cc1ccc(-c2ccccn2)cc1)C[C@H](O)[C@H](Cc1ccccc1)NC(=O)[C@@H](N1CCN(Cc2csc(C)n2)C1=O)C(C)(C)C)C(C)(C)C. The van der Waals surface area contributed by atoms with Gasteiger partial charge in [0.25, 0.3) is 5.91 Å². The van der Waals surface area contributed by atoms with Gasteiger partial charge in [0.05, 0.1) is 42.2 Å². The van der Waals surface area contributed by atoms with E-state index in [1.165, 1.54) is 18.4 Å². The smallest absolute Gasteiger partial charge is 0.407 e. The topological polar surface area (TPSA) is 169 Å². The first-order valence-corrected chi connectivity index (χ1v) is 20.7. The Morgan fingerprint density at radius 2 is 1.59 bits per heavy atom. The normalized spacial score (nSPS) is 15.4. The van der Waals surface area contributed by atoms with E-state index in [9.17, 15) is 24.3 Å². The molecule has 4 N–H and O–H groups in total. The molecule has 0 saturated carbocycles. The van der Waals surface area contributed by atoms with Crippen LogP contribution in [0.2, 0.25) is 0 Å². The van der Waals surface area contributed by atoms with Gasteiger partial charge in [-0.05, 0) is 47.4 Å². The van der Waals surface area contributed by atoms with Crippen LogP contribution >= 0.6 is 11.3 Å². The van der Waals surface area contributed by atoms with E-state index in [2.05, 4.69) is 26.0 Å². The molecule has 0 unspecified atom stereocenters. The van der Waals surface area contributed by atoms with Gasteiger partial charge in [0.1, 0.15) is 12.1 Å². The molecule has 316 valence electrons. The highest BCUT2D eigenvalue weighted by Gasteiger charge is 2.44. The lowest BCUT2D eigenvalue weighted by molar-refractivity contribution is -0.133. The van der Waals surface area contributed by atoms with E-state index in [0.717, 1.165) is 33.1 Å². The molecule has 4 atom stereocenters. The van der Waals surface area contributed by atoms with Crippen molar-refractivity contribution in [3.8, 4) is 11.3 Å². The fraction of sp³-hybridized carbons (Fsp3) is 0.455. The number of urea groups is 1. The molecule has 1 saturated heterocycles. The molecule has 0 radical (unpaired) electrons. The Hall–Kier alpha value is -5.38. The average Bonchev–Trinajstić information content (AvgIpc) is 3.76. The van der Waals surface area contributed by atoms with Crippen LogP contribution in [-0.2, 0) is 33.8 Å². The number of pyridine rings is 1. The van der Waals surface area contributed by atoms with Crippen molar-refractivity contribution in [3.05, 3.63) is 106 Å². The van der Waals surface area contributed by atoms with Crippen LogP contribution in [0.3, 0.4) is 0 Å². The number of hydrogen-bond acceptors (Lipinski definition) is 10. The van der Waals surface area contributed by atoms with Crippen molar-refractivity contribution in [1.82, 2.24) is 40.8 Å². The summed E-state index contributed by atoms with van der Waals surface area (Å²) < 4.78 is 4.83. The number of nitrogens with zero attached hydrogens (tertiary/aromatic N) is 5. The van der Waals surface area contributed by atoms with Gasteiger partial charge in [-0.1, -0.05) is 102 Å². The Kier molecular flexibility index (Phi) is 14.8. The van der Waals surface area contributed by atoms with Crippen LogP contribution in [0.1, 0.15) is 63.4 Å². The number of aliphatic hydroxyl groups excluding tert-OH is 1. The van der Waals surface area contributed by atoms with Crippen LogP contribution < -0.4 is 16.1 Å². The molecule has 1 aliphatic heterocycles. The number of aromatic nitrogens is 2. The Balaban J connectivity index is 1.41. The molecule has 2 aromatic heterocycles. The van der Waals surface area contributed by atoms with Crippen LogP contribution in [0.4, 0.5) is 9.59 Å². The molecular formula is C44H58N8O6S. The quantitative estimate of drug-likeness (QED) is 0.106. The Labute approximate surface area is 351 Å². The second-order valence-electron chi connectivity index (χ2n) is 17.1. The summed E-state index contributed by atoms with van der Waals surface area (Å²) in [5.74, 6) is -0.908. The number of thiazole rings is 1. The van der Waals surface area contributed by atoms with Gasteiger partial charge in [0.15, 0.2) is 0 Å². The van der Waals surface area contributed by atoms with Gasteiger partial charge in [0.2, 0.25) is 5.91 Å². The summed E-state index contributed by atoms with van der Waals surface area (Å²) in [5, 5.41) is 22.4. The Bertz CT molecular complexity index is 2020. The van der Waals surface area contributed by atoms with E-state index < -0.39 is 53.0 Å². The van der Waals surface area contributed by atoms with Crippen LogP contribution in [0.5, 0.6) is 0 Å². The average molecular weight is 827 g/mol. The molecule has 0 aliphatic carbocycles. The fourth-order valence-corrected chi connectivity index (χ4v) is 7.79. The van der Waals surface area contributed by atoms with Crippen molar-refractivity contribution in [3.63, 3.8) is 0 Å². The van der Waals surface area contributed by atoms with Gasteiger partial charge in [-0.15, -0.1) is 11.3 Å². The number of carbonyl (C=O) groups is 4. The second kappa shape index (κ2) is 19.6. The number of aryl methyl sites for hydroxylation is 1. The minimum Gasteiger partial charge on any atom is -0.453 e. The second-order valence-corrected chi connectivity index (χ2v) is 18.2. The van der Waals surface area contributed by atoms with E-state index in [4.69, 9.17) is 4.74 Å². The molecule has 5 amide bonds. The predicted octanol–water partition coefficient (Wildman–Crippen LogP) is 5.56. The molecule has 59 heavy (non-hydrogen) atoms. The maximum atomic E-state index is 14.5. The lowest BCUT2D eigenvalue weighted by Crippen LogP contribution is -2.61. The number of hydrogen-bond donors (Lipinski definition) is 4. The van der Waals surface area contributed by atoms with Gasteiger partial charge in [-0.3, -0.25) is 20.0 Å². The number of hydrazine groups is 1. The van der Waals surface area contributed by atoms with Crippen molar-refractivity contribution in [2.75, 3.05) is 26.7 Å². The summed E-state index contributed by atoms with van der Waals surface area (Å²) in [4.78, 5) is 67.0. The largest absolute Gasteiger partial charge is 0.453 e. The highest BCUT2D eigenvalue weighted by Crippen LogP contribution is 2.29. The van der Waals surface area contributed by atoms with Crippen molar-refractivity contribution in [2.24, 2.45) is 10.8 Å². The van der Waals surface area contributed by atoms with E-state index in [1.807, 2.05) is 127 Å². The molecule has 1 fully saturated rings. The van der Waals surface area contributed by atoms with Crippen molar-refractivity contribution < 1.29 is 29.0 Å². The van der Waals surface area contributed by atoms with Crippen molar-refractivity contribution in [2.45, 2.75) is 92.2 Å². The zero-order valence-corrected chi connectivity index (χ0v) is 36.1. The zero-order valence-electron chi connectivity index (χ0n) is 35.3. The lowest BCUT2D eigenvalue weighted by atomic mass is 9.84. The van der Waals surface area contributed by atoms with E-state index in [-0.39, 0.29) is 25.5 Å². The van der Waals surface area contributed by atoms with Gasteiger partial charge in [-0.25, -0.2) is 19.6 Å². The number of carbonyl (C=O) groups excluding carboxylic acids is 4. The molecule has 0 spiro atoms. The molecule has 0 bridgehead atoms. The number of alkyl carbamates (subject to hydrolysis) is 1. The van der Waals surface area contributed by atoms with Crippen molar-refractivity contribution in [1.29, 1.82) is 0 Å². The standard InChI is InChI=1S/C44H58N8O6S/c1-29-46-33(28-59-29)26-50-22-23-52(42(50)57)38(44(5,6)7)40(55)47-35(24-30-14-10-9-11-15-30)36(53)27-51(49-39(54)37(43(2,3)4)48-41(56)58-8)25-31-17-19-32(20-18-31)34-16-12-13-21-45-34/h9-21,28,35-38,53H,22-27H2,1-8H3,(H,47,55)(H,48,56)(H,49,54)/t35-,36-,37+,38+/m0/s1. The summed E-state index contributed by atoms with van der Waals surface area (Å²) in [6.45, 7) is 14.4. The van der Waals surface area contributed by atoms with Crippen molar-refractivity contribution >= 4 is 35.3 Å². The van der Waals surface area contributed by atoms with Crippen LogP contribution in [0, 0.1) is 17.8 Å². The first kappa shape index (κ1) is 44.7. The van der Waals surface area contributed by atoms with Crippen LogP contribution in [0.15, 0.2) is 84.4 Å². The molecule has 14 nitrogen and oxygen atoms in total. The molecule has 4 aromatic rings. The number of aliphatic hydroxyl groups is 1. The summed E-state index contributed by atoms with van der Waals surface area (Å²) in [6, 6.07) is 20.0. The molecule has 1 aliphatic rings. The number of ether oxygens (including phenoxy) is 1.